The summed E-state index contributed by atoms with van der Waals surface area (Å²) in [6, 6.07) is -0.764. The van der Waals surface area contributed by atoms with Gasteiger partial charge in [-0.2, -0.15) is 5.10 Å². The Morgan fingerprint density at radius 3 is 2.56 bits per heavy atom. The normalized spacial score (nSPS) is 12.3. The summed E-state index contributed by atoms with van der Waals surface area (Å²) in [4.78, 5) is 35.3. The van der Waals surface area contributed by atoms with E-state index in [-0.39, 0.29) is 6.04 Å². The number of nitrogens with zero attached hydrogens (tertiary/aromatic N) is 2. The lowest BCUT2D eigenvalue weighted by Gasteiger charge is -2.13. The number of ether oxygens (including phenoxy) is 1. The molecule has 0 bridgehead atoms. The van der Waals surface area contributed by atoms with E-state index in [1.165, 1.54) is 19.1 Å². The van der Waals surface area contributed by atoms with Gasteiger partial charge in [-0.15, -0.1) is 0 Å². The molecular formula is C18H27ClN4O4. The van der Waals surface area contributed by atoms with Crippen molar-refractivity contribution in [3.63, 3.8) is 0 Å². The van der Waals surface area contributed by atoms with Crippen LogP contribution in [0.1, 0.15) is 51.8 Å². The summed E-state index contributed by atoms with van der Waals surface area (Å²) in [6.07, 6.45) is 3.53. The number of esters is 1. The highest BCUT2D eigenvalue weighted by molar-refractivity contribution is 6.31. The van der Waals surface area contributed by atoms with E-state index < -0.39 is 24.0 Å². The molecule has 1 aromatic rings. The summed E-state index contributed by atoms with van der Waals surface area (Å²) < 4.78 is 6.69. The molecule has 0 unspecified atom stereocenters. The van der Waals surface area contributed by atoms with Crippen molar-refractivity contribution in [2.75, 3.05) is 0 Å². The molecule has 0 spiro atoms. The van der Waals surface area contributed by atoms with Crippen LogP contribution in [0.15, 0.2) is 6.08 Å². The molecule has 1 rings (SSSR count). The van der Waals surface area contributed by atoms with Crippen molar-refractivity contribution < 1.29 is 19.1 Å². The molecule has 9 heteroatoms. The predicted octanol–water partition coefficient (Wildman–Crippen LogP) is 2.82. The van der Waals surface area contributed by atoms with E-state index in [1.54, 1.807) is 25.5 Å². The lowest BCUT2D eigenvalue weighted by molar-refractivity contribution is -0.149. The van der Waals surface area contributed by atoms with Crippen LogP contribution < -0.4 is 10.6 Å². The van der Waals surface area contributed by atoms with Crippen LogP contribution >= 0.6 is 11.6 Å². The molecule has 1 aromatic heterocycles. The SMILES string of the molecule is CCCCn1nc(C)c(/C=C/C(=O)O[C@@H](C)C(=O)NC(=O)NC(C)C)c1Cl. The Bertz CT molecular complexity index is 712. The van der Waals surface area contributed by atoms with Crippen molar-refractivity contribution in [3.8, 4) is 0 Å². The zero-order valence-electron chi connectivity index (χ0n) is 16.3. The van der Waals surface area contributed by atoms with Crippen molar-refractivity contribution in [1.82, 2.24) is 20.4 Å². The molecule has 0 radical (unpaired) electrons. The van der Waals surface area contributed by atoms with E-state index in [0.29, 0.717) is 23.0 Å². The smallest absolute Gasteiger partial charge is 0.331 e. The number of imide groups is 1. The first kappa shape index (κ1) is 22.7. The largest absolute Gasteiger partial charge is 0.449 e. The molecule has 8 nitrogen and oxygen atoms in total. The minimum Gasteiger partial charge on any atom is -0.449 e. The number of aryl methyl sites for hydroxylation is 2. The van der Waals surface area contributed by atoms with Gasteiger partial charge in [0.25, 0.3) is 5.91 Å². The van der Waals surface area contributed by atoms with Gasteiger partial charge >= 0.3 is 12.0 Å². The molecule has 150 valence electrons. The predicted molar refractivity (Wildman–Crippen MR) is 103 cm³/mol. The van der Waals surface area contributed by atoms with Crippen LogP contribution in [0.25, 0.3) is 6.08 Å². The number of nitrogens with one attached hydrogen (secondary N) is 2. The Morgan fingerprint density at radius 1 is 1.30 bits per heavy atom. The number of aromatic nitrogens is 2. The molecule has 3 amide bonds. The highest BCUT2D eigenvalue weighted by Gasteiger charge is 2.19. The third-order valence-corrected chi connectivity index (χ3v) is 3.94. The molecule has 0 saturated carbocycles. The molecule has 0 fully saturated rings. The van der Waals surface area contributed by atoms with Gasteiger partial charge in [0.2, 0.25) is 0 Å². The summed E-state index contributed by atoms with van der Waals surface area (Å²) in [5.41, 5.74) is 1.31. The number of carbonyl (C=O) groups is 3. The van der Waals surface area contributed by atoms with Crippen LogP contribution in [-0.4, -0.2) is 39.8 Å². The summed E-state index contributed by atoms with van der Waals surface area (Å²) in [5, 5.41) is 9.40. The highest BCUT2D eigenvalue weighted by atomic mass is 35.5. The average Bonchev–Trinajstić information content (AvgIpc) is 2.83. The third-order valence-electron chi connectivity index (χ3n) is 3.54. The summed E-state index contributed by atoms with van der Waals surface area (Å²) in [5.74, 6) is -1.44. The number of amides is 3. The molecule has 0 aliphatic heterocycles. The second kappa shape index (κ2) is 10.7. The van der Waals surface area contributed by atoms with Crippen LogP contribution in [0, 0.1) is 6.92 Å². The first-order valence-electron chi connectivity index (χ1n) is 8.88. The van der Waals surface area contributed by atoms with E-state index in [0.717, 1.165) is 12.8 Å². The van der Waals surface area contributed by atoms with Gasteiger partial charge in [-0.3, -0.25) is 14.8 Å². The molecule has 1 heterocycles. The molecule has 27 heavy (non-hydrogen) atoms. The number of hydrogen-bond donors (Lipinski definition) is 2. The second-order valence-corrected chi connectivity index (χ2v) is 6.75. The van der Waals surface area contributed by atoms with Crippen LogP contribution in [0.3, 0.4) is 0 Å². The molecular weight excluding hydrogens is 372 g/mol. The van der Waals surface area contributed by atoms with E-state index in [1.807, 2.05) is 0 Å². The number of hydrogen-bond acceptors (Lipinski definition) is 5. The molecule has 1 atom stereocenters. The zero-order valence-corrected chi connectivity index (χ0v) is 17.1. The lowest BCUT2D eigenvalue weighted by atomic mass is 10.2. The fraction of sp³-hybridized carbons (Fsp3) is 0.556. The zero-order chi connectivity index (χ0) is 20.6. The van der Waals surface area contributed by atoms with Gasteiger partial charge in [-0.25, -0.2) is 9.59 Å². The Morgan fingerprint density at radius 2 is 1.96 bits per heavy atom. The molecule has 0 aromatic carbocycles. The van der Waals surface area contributed by atoms with Crippen molar-refractivity contribution in [2.45, 2.75) is 66.2 Å². The maximum absolute atomic E-state index is 11.9. The molecule has 0 aliphatic carbocycles. The van der Waals surface area contributed by atoms with E-state index >= 15 is 0 Å². The first-order valence-corrected chi connectivity index (χ1v) is 9.26. The van der Waals surface area contributed by atoms with Crippen molar-refractivity contribution in [3.05, 3.63) is 22.5 Å². The van der Waals surface area contributed by atoms with Gasteiger partial charge in [0.15, 0.2) is 6.10 Å². The van der Waals surface area contributed by atoms with Gasteiger partial charge in [0.05, 0.1) is 5.69 Å². The van der Waals surface area contributed by atoms with Crippen molar-refractivity contribution >= 4 is 35.6 Å². The number of carbonyl (C=O) groups excluding carboxylic acids is 3. The number of urea groups is 1. The Labute approximate surface area is 164 Å². The standard InChI is InChI=1S/C18H27ClN4O4/c1-6-7-10-23-16(19)14(12(4)22-23)8-9-15(24)27-13(5)17(25)21-18(26)20-11(2)3/h8-9,11,13H,6-7,10H2,1-5H3,(H2,20,21,25,26)/b9-8+/t13-/m0/s1. The lowest BCUT2D eigenvalue weighted by Crippen LogP contribution is -2.46. The van der Waals surface area contributed by atoms with Gasteiger partial charge in [-0.1, -0.05) is 24.9 Å². The minimum atomic E-state index is -1.12. The number of halogens is 1. The van der Waals surface area contributed by atoms with E-state index in [4.69, 9.17) is 16.3 Å². The molecule has 0 aliphatic rings. The van der Waals surface area contributed by atoms with Gasteiger partial charge < -0.3 is 10.1 Å². The van der Waals surface area contributed by atoms with Crippen molar-refractivity contribution in [2.24, 2.45) is 0 Å². The van der Waals surface area contributed by atoms with Crippen molar-refractivity contribution in [1.29, 1.82) is 0 Å². The van der Waals surface area contributed by atoms with E-state index in [2.05, 4.69) is 22.7 Å². The monoisotopic (exact) mass is 398 g/mol. The average molecular weight is 399 g/mol. The van der Waals surface area contributed by atoms with Gasteiger partial charge in [0, 0.05) is 24.2 Å². The maximum Gasteiger partial charge on any atom is 0.331 e. The quantitative estimate of drug-likeness (QED) is 0.517. The number of rotatable bonds is 8. The van der Waals surface area contributed by atoms with Crippen LogP contribution in [0.4, 0.5) is 4.79 Å². The Hall–Kier alpha value is -2.35. The van der Waals surface area contributed by atoms with Crippen LogP contribution in [-0.2, 0) is 20.9 Å². The summed E-state index contributed by atoms with van der Waals surface area (Å²) in [7, 11) is 0. The Kier molecular flexibility index (Phi) is 9.00. The summed E-state index contributed by atoms with van der Waals surface area (Å²) >= 11 is 6.29. The van der Waals surface area contributed by atoms with Gasteiger partial charge in [-0.05, 0) is 40.2 Å². The van der Waals surface area contributed by atoms with Crippen LogP contribution in [0.5, 0.6) is 0 Å². The third kappa shape index (κ3) is 7.42. The minimum absolute atomic E-state index is 0.121. The second-order valence-electron chi connectivity index (χ2n) is 6.40. The highest BCUT2D eigenvalue weighted by Crippen LogP contribution is 2.21. The maximum atomic E-state index is 11.9. The fourth-order valence-electron chi connectivity index (χ4n) is 2.14. The first-order chi connectivity index (χ1) is 12.6. The van der Waals surface area contributed by atoms with Gasteiger partial charge in [0.1, 0.15) is 5.15 Å². The molecule has 0 saturated heterocycles. The van der Waals surface area contributed by atoms with Crippen LogP contribution in [0.2, 0.25) is 5.15 Å². The fourth-order valence-corrected chi connectivity index (χ4v) is 2.46. The topological polar surface area (TPSA) is 102 Å². The summed E-state index contributed by atoms with van der Waals surface area (Å²) in [6.45, 7) is 9.47. The number of unbranched alkanes of at least 4 members (excludes halogenated alkanes) is 1. The van der Waals surface area contributed by atoms with E-state index in [9.17, 15) is 14.4 Å². The molecule has 2 N–H and O–H groups in total. The Balaban J connectivity index is 2.64.